The van der Waals surface area contributed by atoms with Gasteiger partial charge in [-0.2, -0.15) is 5.26 Å². The number of aryl methyl sites for hydroxylation is 1. The molecule has 2 aliphatic rings. The summed E-state index contributed by atoms with van der Waals surface area (Å²) in [5.74, 6) is 1.27. The van der Waals surface area contributed by atoms with E-state index in [4.69, 9.17) is 19.5 Å². The van der Waals surface area contributed by atoms with Crippen LogP contribution in [0.15, 0.2) is 52.6 Å². The van der Waals surface area contributed by atoms with Crippen molar-refractivity contribution >= 4 is 34.1 Å². The number of methoxy groups -OCH3 is 2. The quantitative estimate of drug-likeness (QED) is 0.194. The number of hydrogen-bond acceptors (Lipinski definition) is 9. The molecule has 1 aliphatic carbocycles. The van der Waals surface area contributed by atoms with Crippen LogP contribution in [0.3, 0.4) is 0 Å². The highest BCUT2D eigenvalue weighted by atomic mass is 32.1. The lowest BCUT2D eigenvalue weighted by atomic mass is 9.84. The molecule has 2 aromatic carbocycles. The van der Waals surface area contributed by atoms with Crippen molar-refractivity contribution in [1.29, 1.82) is 5.26 Å². The molecular weight excluding hydrogens is 641 g/mol. The third kappa shape index (κ3) is 8.14. The van der Waals surface area contributed by atoms with Gasteiger partial charge in [0.15, 0.2) is 11.5 Å². The number of aromatic nitrogens is 2. The number of amides is 1. The van der Waals surface area contributed by atoms with Crippen LogP contribution in [0.25, 0.3) is 21.6 Å². The summed E-state index contributed by atoms with van der Waals surface area (Å²) in [7, 11) is 2.98. The zero-order valence-corrected chi connectivity index (χ0v) is 29.6. The average Bonchev–Trinajstić information content (AvgIpc) is 3.83. The number of rotatable bonds is 8. The van der Waals surface area contributed by atoms with Crippen LogP contribution >= 0.6 is 11.3 Å². The minimum atomic E-state index is -0.635. The number of esters is 1. The Morgan fingerprint density at radius 3 is 2.51 bits per heavy atom. The Hall–Kier alpha value is -4.69. The molecule has 0 bridgehead atoms. The van der Waals surface area contributed by atoms with E-state index in [-0.39, 0.29) is 23.2 Å². The largest absolute Gasteiger partial charge is 0.496 e. The molecule has 3 heterocycles. The highest BCUT2D eigenvalue weighted by molar-refractivity contribution is 7.13. The van der Waals surface area contributed by atoms with Crippen LogP contribution in [0.4, 0.5) is 0 Å². The number of benzene rings is 2. The maximum Gasteiger partial charge on any atom is 0.328 e. The SMILES string of the molecule is COC(=O)C1CCCN1C(=O)C(Oc1cccc(C#N)c1)C1CCCCC1.COc1ccc2c(=O)cc(-c3nc(C(C)C)cs3)[nH]c2c1C. The Kier molecular flexibility index (Phi) is 11.7. The Bertz CT molecular complexity index is 1890. The number of ether oxygens (including phenoxy) is 3. The molecule has 258 valence electrons. The van der Waals surface area contributed by atoms with Crippen molar-refractivity contribution in [1.82, 2.24) is 14.9 Å². The molecule has 1 aliphatic heterocycles. The van der Waals surface area contributed by atoms with Crippen LogP contribution in [-0.2, 0) is 14.3 Å². The summed E-state index contributed by atoms with van der Waals surface area (Å²) in [5.41, 5.74) is 4.03. The first-order chi connectivity index (χ1) is 23.6. The molecule has 1 amide bonds. The molecule has 10 nitrogen and oxygen atoms in total. The lowest BCUT2D eigenvalue weighted by Gasteiger charge is -2.34. The second-order valence-corrected chi connectivity index (χ2v) is 13.7. The van der Waals surface area contributed by atoms with Crippen LogP contribution in [0.2, 0.25) is 0 Å². The number of carbonyl (C=O) groups is 2. The maximum atomic E-state index is 13.4. The normalized spacial score (nSPS) is 16.8. The van der Waals surface area contributed by atoms with Crippen molar-refractivity contribution in [3.63, 3.8) is 0 Å². The van der Waals surface area contributed by atoms with Gasteiger partial charge in [-0.05, 0) is 68.9 Å². The number of nitrogens with zero attached hydrogens (tertiary/aromatic N) is 3. The number of aromatic amines is 1. The molecule has 2 atom stereocenters. The van der Waals surface area contributed by atoms with Gasteiger partial charge < -0.3 is 24.1 Å². The third-order valence-electron chi connectivity index (χ3n) is 9.34. The zero-order valence-electron chi connectivity index (χ0n) is 28.8. The van der Waals surface area contributed by atoms with Gasteiger partial charge in [0, 0.05) is 34.9 Å². The fourth-order valence-electron chi connectivity index (χ4n) is 6.60. The minimum absolute atomic E-state index is 0.00389. The van der Waals surface area contributed by atoms with Crippen LogP contribution in [0, 0.1) is 24.2 Å². The number of fused-ring (bicyclic) bond motifs is 1. The topological polar surface area (TPSA) is 135 Å². The summed E-state index contributed by atoms with van der Waals surface area (Å²) in [6, 6.07) is 13.7. The van der Waals surface area contributed by atoms with Gasteiger partial charge in [-0.25, -0.2) is 9.78 Å². The monoisotopic (exact) mass is 684 g/mol. The first-order valence-electron chi connectivity index (χ1n) is 16.9. The average molecular weight is 685 g/mol. The van der Waals surface area contributed by atoms with E-state index >= 15 is 0 Å². The highest BCUT2D eigenvalue weighted by Crippen LogP contribution is 2.33. The Balaban J connectivity index is 0.000000195. The smallest absolute Gasteiger partial charge is 0.328 e. The van der Waals surface area contributed by atoms with E-state index < -0.39 is 12.1 Å². The van der Waals surface area contributed by atoms with Crippen molar-refractivity contribution in [3.05, 3.63) is 74.9 Å². The maximum absolute atomic E-state index is 13.4. The second-order valence-electron chi connectivity index (χ2n) is 12.9. The van der Waals surface area contributed by atoms with E-state index in [1.54, 1.807) is 59.7 Å². The third-order valence-corrected chi connectivity index (χ3v) is 10.2. The van der Waals surface area contributed by atoms with Gasteiger partial charge in [-0.15, -0.1) is 11.3 Å². The van der Waals surface area contributed by atoms with Gasteiger partial charge in [0.2, 0.25) is 0 Å². The second kappa shape index (κ2) is 16.1. The lowest BCUT2D eigenvalue weighted by Crippen LogP contribution is -2.50. The fourth-order valence-corrected chi connectivity index (χ4v) is 7.55. The van der Waals surface area contributed by atoms with Crippen LogP contribution in [0.1, 0.15) is 81.5 Å². The molecule has 49 heavy (non-hydrogen) atoms. The van der Waals surface area contributed by atoms with Gasteiger partial charge in [0.05, 0.1) is 42.8 Å². The number of carbonyl (C=O) groups excluding carboxylic acids is 2. The van der Waals surface area contributed by atoms with E-state index in [9.17, 15) is 14.4 Å². The van der Waals surface area contributed by atoms with E-state index in [2.05, 4.69) is 29.9 Å². The Morgan fingerprint density at radius 1 is 1.06 bits per heavy atom. The van der Waals surface area contributed by atoms with Gasteiger partial charge in [-0.1, -0.05) is 39.2 Å². The summed E-state index contributed by atoms with van der Waals surface area (Å²) in [6.07, 6.45) is 5.98. The number of thiazole rings is 1. The Morgan fingerprint density at radius 2 is 1.84 bits per heavy atom. The first kappa shape index (κ1) is 35.6. The molecule has 2 fully saturated rings. The van der Waals surface area contributed by atoms with Gasteiger partial charge >= 0.3 is 5.97 Å². The highest BCUT2D eigenvalue weighted by Gasteiger charge is 2.41. The van der Waals surface area contributed by atoms with Crippen LogP contribution in [-0.4, -0.2) is 59.7 Å². The number of nitrogens with one attached hydrogen (secondary N) is 1. The van der Waals surface area contributed by atoms with E-state index in [1.165, 1.54) is 13.5 Å². The zero-order chi connectivity index (χ0) is 35.1. The van der Waals surface area contributed by atoms with Crippen molar-refractivity contribution in [2.75, 3.05) is 20.8 Å². The molecule has 2 aromatic heterocycles. The number of H-pyrrole nitrogens is 1. The molecule has 4 aromatic rings. The van der Waals surface area contributed by atoms with Crippen molar-refractivity contribution < 1.29 is 23.8 Å². The molecule has 1 N–H and O–H groups in total. The summed E-state index contributed by atoms with van der Waals surface area (Å²) in [4.78, 5) is 47.4. The van der Waals surface area contributed by atoms with Gasteiger partial charge in [-0.3, -0.25) is 9.59 Å². The number of pyridine rings is 1. The van der Waals surface area contributed by atoms with Gasteiger partial charge in [0.25, 0.3) is 5.91 Å². The van der Waals surface area contributed by atoms with Crippen LogP contribution in [0.5, 0.6) is 11.5 Å². The van der Waals surface area contributed by atoms with E-state index in [1.807, 2.05) is 18.4 Å². The number of likely N-dealkylation sites (tertiary alicyclic amines) is 1. The van der Waals surface area contributed by atoms with Crippen LogP contribution < -0.4 is 14.9 Å². The standard InChI is InChI=1S/C21H26N2O4.C17H18N2O2S/c1-26-21(25)18-11-6-12-23(18)20(24)19(16-8-3-2-4-9-16)27-17-10-5-7-15(13-17)14-22;1-9(2)13-8-22-17(19-13)12-7-14(20)11-5-6-15(21-4)10(3)16(11)18-12/h5,7,10,13,16,18-19H,2-4,6,8-9,11-12H2,1H3;5-9H,1-4H3,(H,18,20). The van der Waals surface area contributed by atoms with E-state index in [0.717, 1.165) is 65.3 Å². The number of nitriles is 1. The predicted octanol–water partition coefficient (Wildman–Crippen LogP) is 7.14. The van der Waals surface area contributed by atoms with Gasteiger partial charge in [0.1, 0.15) is 22.5 Å². The molecule has 1 saturated carbocycles. The molecular formula is C38H44N4O6S. The summed E-state index contributed by atoms with van der Waals surface area (Å²) in [6.45, 7) is 6.71. The molecule has 2 unspecified atom stereocenters. The van der Waals surface area contributed by atoms with Crippen molar-refractivity contribution in [3.8, 4) is 28.3 Å². The van der Waals surface area contributed by atoms with Crippen molar-refractivity contribution in [2.24, 2.45) is 5.92 Å². The summed E-state index contributed by atoms with van der Waals surface area (Å²) < 4.78 is 16.4. The number of hydrogen-bond donors (Lipinski definition) is 1. The Labute approximate surface area is 291 Å². The first-order valence-corrected chi connectivity index (χ1v) is 17.7. The van der Waals surface area contributed by atoms with E-state index in [0.29, 0.717) is 35.6 Å². The molecule has 0 radical (unpaired) electrons. The molecule has 0 spiro atoms. The summed E-state index contributed by atoms with van der Waals surface area (Å²) >= 11 is 1.55. The summed E-state index contributed by atoms with van der Waals surface area (Å²) in [5, 5.41) is 12.7. The molecule has 1 saturated heterocycles. The molecule has 11 heteroatoms. The minimum Gasteiger partial charge on any atom is -0.496 e. The molecule has 6 rings (SSSR count). The lowest BCUT2D eigenvalue weighted by molar-refractivity contribution is -0.155. The van der Waals surface area contributed by atoms with Crippen molar-refractivity contribution in [2.45, 2.75) is 83.8 Å². The fraction of sp³-hybridized carbons (Fsp3) is 0.447. The predicted molar refractivity (Wildman–Crippen MR) is 190 cm³/mol.